The average Bonchev–Trinajstić information content (AvgIpc) is 3.88. The van der Waals surface area contributed by atoms with Crippen molar-refractivity contribution in [2.24, 2.45) is 0 Å². The number of anilines is 5. The normalized spacial score (nSPS) is 15.0. The Kier molecular flexibility index (Phi) is 9.78. The van der Waals surface area contributed by atoms with Crippen molar-refractivity contribution in [1.82, 2.24) is 9.55 Å². The van der Waals surface area contributed by atoms with Gasteiger partial charge in [0.15, 0.2) is 0 Å². The molecule has 2 aromatic heterocycles. The van der Waals surface area contributed by atoms with E-state index in [2.05, 4.69) is 221 Å². The van der Waals surface area contributed by atoms with Gasteiger partial charge in [-0.1, -0.05) is 121 Å². The molecule has 0 amide bonds. The van der Waals surface area contributed by atoms with Crippen LogP contribution >= 0.6 is 11.8 Å². The quantitative estimate of drug-likeness (QED) is 0.160. The van der Waals surface area contributed by atoms with E-state index >= 15 is 0 Å². The number of fused-ring (bicyclic) bond motifs is 7. The molecule has 318 valence electrons. The Bertz CT molecular complexity index is 3150. The zero-order valence-electron chi connectivity index (χ0n) is 36.7. The van der Waals surface area contributed by atoms with Crippen LogP contribution in [0.4, 0.5) is 28.4 Å². The van der Waals surface area contributed by atoms with Gasteiger partial charge in [0, 0.05) is 65.2 Å². The van der Waals surface area contributed by atoms with Gasteiger partial charge in [-0.2, -0.15) is 6.07 Å². The Hall–Kier alpha value is -5.75. The Morgan fingerprint density at radius 3 is 2.19 bits per heavy atom. The molecular weight excluding hydrogens is 974 g/mol. The van der Waals surface area contributed by atoms with Crippen LogP contribution in [-0.4, -0.2) is 9.55 Å². The number of benzene rings is 6. The van der Waals surface area contributed by atoms with Crippen LogP contribution in [0.25, 0.3) is 27.6 Å². The van der Waals surface area contributed by atoms with E-state index in [1.54, 1.807) is 0 Å². The summed E-state index contributed by atoms with van der Waals surface area (Å²) < 4.78 is 8.96. The van der Waals surface area contributed by atoms with E-state index in [0.29, 0.717) is 11.5 Å². The summed E-state index contributed by atoms with van der Waals surface area (Å²) in [6.07, 6.45) is 6.15. The number of hydrogen-bond donors (Lipinski definition) is 0. The Morgan fingerprint density at radius 1 is 0.651 bits per heavy atom. The van der Waals surface area contributed by atoms with E-state index in [1.165, 1.54) is 43.5 Å². The van der Waals surface area contributed by atoms with Crippen LogP contribution < -0.4 is 19.4 Å². The number of hydrogen-bond acceptors (Lipinski definition) is 6. The summed E-state index contributed by atoms with van der Waals surface area (Å²) in [5, 5.41) is 2.25. The molecule has 0 saturated carbocycles. The number of pyridine rings is 1. The van der Waals surface area contributed by atoms with Crippen molar-refractivity contribution in [2.45, 2.75) is 81.4 Å². The third kappa shape index (κ3) is 6.87. The van der Waals surface area contributed by atoms with Gasteiger partial charge in [0.05, 0.1) is 17.1 Å². The van der Waals surface area contributed by atoms with Crippen molar-refractivity contribution in [3.05, 3.63) is 181 Å². The molecule has 0 bridgehead atoms. The van der Waals surface area contributed by atoms with E-state index in [-0.39, 0.29) is 37.3 Å². The first kappa shape index (κ1) is 41.3. The van der Waals surface area contributed by atoms with E-state index in [9.17, 15) is 0 Å². The third-order valence-corrected chi connectivity index (χ3v) is 13.7. The van der Waals surface area contributed by atoms with Crippen molar-refractivity contribution in [2.75, 3.05) is 14.7 Å². The molecule has 0 radical (unpaired) electrons. The van der Waals surface area contributed by atoms with Crippen LogP contribution in [0.1, 0.15) is 77.6 Å². The summed E-state index contributed by atoms with van der Waals surface area (Å²) in [6, 6.07) is 50.9. The molecule has 6 aromatic carbocycles. The van der Waals surface area contributed by atoms with Crippen LogP contribution in [0.2, 0.25) is 0 Å². The van der Waals surface area contributed by atoms with Crippen LogP contribution in [0.3, 0.4) is 0 Å². The molecule has 3 aliphatic rings. The largest absolute Gasteiger partial charge is 0.509 e. The van der Waals surface area contributed by atoms with E-state index in [0.717, 1.165) is 44.6 Å². The van der Waals surface area contributed by atoms with Crippen molar-refractivity contribution in [3.63, 3.8) is 0 Å². The van der Waals surface area contributed by atoms with Gasteiger partial charge in [-0.3, -0.25) is 0 Å². The summed E-state index contributed by atoms with van der Waals surface area (Å²) in [4.78, 5) is 14.2. The monoisotopic (exact) mass is 1020 g/mol. The first-order valence-electron chi connectivity index (χ1n) is 21.4. The third-order valence-electron chi connectivity index (χ3n) is 12.6. The molecule has 63 heavy (non-hydrogen) atoms. The summed E-state index contributed by atoms with van der Waals surface area (Å²) in [6.45, 7) is 20.3. The SMILES string of the molecule is CC(C)(C)c1cc(Oc2[c-]c3c(cc2)c2ccccc2n3-c2cc(C(C)(C)C)ccn2)[c-]c(N2C=CN(c3cc4c5c(c3)C(C)(C)c3ccccc3N5c3ccccc3S4)[CH-]2)c1.[Pt]. The van der Waals surface area contributed by atoms with Crippen LogP contribution in [-0.2, 0) is 37.3 Å². The molecular formula is C55H48N5OPtS-3. The average molecular weight is 1020 g/mol. The maximum absolute atomic E-state index is 6.76. The first-order valence-corrected chi connectivity index (χ1v) is 22.2. The van der Waals surface area contributed by atoms with Gasteiger partial charge < -0.3 is 24.0 Å². The second kappa shape index (κ2) is 14.9. The minimum absolute atomic E-state index is 0. The molecule has 11 rings (SSSR count). The Labute approximate surface area is 389 Å². The number of rotatable bonds is 5. The molecule has 0 fully saturated rings. The molecule has 0 atom stereocenters. The molecule has 8 aromatic rings. The maximum atomic E-state index is 6.76. The number of aromatic nitrogens is 2. The molecule has 0 N–H and O–H groups in total. The zero-order chi connectivity index (χ0) is 42.7. The molecule has 3 aliphatic heterocycles. The predicted molar refractivity (Wildman–Crippen MR) is 256 cm³/mol. The number of ether oxygens (including phenoxy) is 1. The fourth-order valence-electron chi connectivity index (χ4n) is 9.19. The van der Waals surface area contributed by atoms with Gasteiger partial charge in [0.25, 0.3) is 0 Å². The predicted octanol–water partition coefficient (Wildman–Crippen LogP) is 14.7. The first-order chi connectivity index (χ1) is 29.7. The second-order valence-corrected chi connectivity index (χ2v) is 20.3. The second-order valence-electron chi connectivity index (χ2n) is 19.2. The minimum atomic E-state index is -0.203. The van der Waals surface area contributed by atoms with Crippen molar-refractivity contribution in [3.8, 4) is 17.3 Å². The molecule has 0 unspecified atom stereocenters. The number of para-hydroxylation sites is 3. The van der Waals surface area contributed by atoms with Gasteiger partial charge in [0.1, 0.15) is 5.82 Å². The summed E-state index contributed by atoms with van der Waals surface area (Å²) in [7, 11) is 0. The topological polar surface area (TPSA) is 36.8 Å². The van der Waals surface area contributed by atoms with Crippen LogP contribution in [0, 0.1) is 18.8 Å². The van der Waals surface area contributed by atoms with Gasteiger partial charge in [0.2, 0.25) is 0 Å². The van der Waals surface area contributed by atoms with Crippen LogP contribution in [0.15, 0.2) is 150 Å². The molecule has 0 saturated heterocycles. The van der Waals surface area contributed by atoms with E-state index < -0.39 is 0 Å². The van der Waals surface area contributed by atoms with Crippen molar-refractivity contribution in [1.29, 1.82) is 0 Å². The van der Waals surface area contributed by atoms with Gasteiger partial charge >= 0.3 is 0 Å². The van der Waals surface area contributed by atoms with Crippen LogP contribution in [0.5, 0.6) is 11.5 Å². The zero-order valence-corrected chi connectivity index (χ0v) is 39.8. The molecule has 5 heterocycles. The molecule has 0 spiro atoms. The van der Waals surface area contributed by atoms with E-state index in [4.69, 9.17) is 9.72 Å². The van der Waals surface area contributed by atoms with Crippen molar-refractivity contribution >= 4 is 62.0 Å². The molecule has 0 aliphatic carbocycles. The fourth-order valence-corrected chi connectivity index (χ4v) is 10.3. The Balaban J connectivity index is 0.00000471. The van der Waals surface area contributed by atoms with Gasteiger partial charge in [-0.25, -0.2) is 4.98 Å². The maximum Gasteiger partial charge on any atom is 0.135 e. The summed E-state index contributed by atoms with van der Waals surface area (Å²) in [5.74, 6) is 2.11. The van der Waals surface area contributed by atoms with Gasteiger partial charge in [-0.15, -0.1) is 53.6 Å². The van der Waals surface area contributed by atoms with E-state index in [1.807, 2.05) is 24.0 Å². The summed E-state index contributed by atoms with van der Waals surface area (Å²) >= 11 is 1.85. The smallest absolute Gasteiger partial charge is 0.135 e. The van der Waals surface area contributed by atoms with Crippen molar-refractivity contribution < 1.29 is 25.8 Å². The standard InChI is InChI=1S/C55H48N5OS.Pt/c1-53(2,3)35-23-24-56-51(29-35)59-45-17-11-9-15-41(45)42-22-21-39(33-48(42)59)61-40-28-36(54(4,5)6)27-37(30-40)57-25-26-58(34-57)38-31-44-52-50(32-38)62-49-20-14-13-19-47(49)60(52)46-18-12-10-16-43(46)55(44,7)8;/h9-29,31-32,34H,1-8H3;/q-3;. The summed E-state index contributed by atoms with van der Waals surface area (Å²) in [5.41, 5.74) is 12.4. The molecule has 8 heteroatoms. The minimum Gasteiger partial charge on any atom is -0.509 e. The molecule has 6 nitrogen and oxygen atoms in total. The fraction of sp³-hybridized carbons (Fsp3) is 0.200. The number of nitrogens with zero attached hydrogens (tertiary/aromatic N) is 5. The van der Waals surface area contributed by atoms with Gasteiger partial charge in [-0.05, 0) is 93.8 Å². The Morgan fingerprint density at radius 2 is 1.38 bits per heavy atom.